The Balaban J connectivity index is 1.50. The fourth-order valence-corrected chi connectivity index (χ4v) is 2.15. The van der Waals surface area contributed by atoms with Crippen molar-refractivity contribution in [2.75, 3.05) is 19.8 Å². The van der Waals surface area contributed by atoms with Gasteiger partial charge in [0.1, 0.15) is 0 Å². The molecule has 0 spiro atoms. The molecule has 7 nitrogen and oxygen atoms in total. The third-order valence-corrected chi connectivity index (χ3v) is 3.34. The number of nitrogens with one attached hydrogen (secondary N) is 1. The molecule has 3 heterocycles. The summed E-state index contributed by atoms with van der Waals surface area (Å²) in [5, 5.41) is 6.78. The highest BCUT2D eigenvalue weighted by molar-refractivity contribution is 5.78. The first-order valence-electron chi connectivity index (χ1n) is 6.91. The van der Waals surface area contributed by atoms with E-state index in [-0.39, 0.29) is 11.8 Å². The van der Waals surface area contributed by atoms with Crippen molar-refractivity contribution in [1.29, 1.82) is 0 Å². The van der Waals surface area contributed by atoms with Gasteiger partial charge < -0.3 is 14.6 Å². The zero-order chi connectivity index (χ0) is 14.5. The third kappa shape index (κ3) is 3.43. The van der Waals surface area contributed by atoms with Crippen LogP contribution in [0.2, 0.25) is 0 Å². The van der Waals surface area contributed by atoms with Crippen LogP contribution in [0, 0.1) is 5.92 Å². The summed E-state index contributed by atoms with van der Waals surface area (Å²) in [5.41, 5.74) is 0.830. The quantitative estimate of drug-likeness (QED) is 0.876. The maximum atomic E-state index is 11.8. The van der Waals surface area contributed by atoms with E-state index in [1.165, 1.54) is 0 Å². The van der Waals surface area contributed by atoms with Crippen molar-refractivity contribution in [2.45, 2.75) is 12.8 Å². The van der Waals surface area contributed by atoms with E-state index in [9.17, 15) is 4.79 Å². The van der Waals surface area contributed by atoms with E-state index < -0.39 is 0 Å². The molecule has 1 atom stereocenters. The van der Waals surface area contributed by atoms with E-state index in [1.807, 2.05) is 0 Å². The molecule has 1 N–H and O–H groups in total. The summed E-state index contributed by atoms with van der Waals surface area (Å²) in [6.45, 7) is 1.67. The van der Waals surface area contributed by atoms with Crippen LogP contribution >= 0.6 is 0 Å². The summed E-state index contributed by atoms with van der Waals surface area (Å²) in [4.78, 5) is 20.0. The molecule has 21 heavy (non-hydrogen) atoms. The molecule has 1 aliphatic rings. The van der Waals surface area contributed by atoms with Gasteiger partial charge in [0.15, 0.2) is 5.82 Å². The van der Waals surface area contributed by atoms with Crippen LogP contribution in [0.25, 0.3) is 11.5 Å². The molecule has 1 amide bonds. The average molecular weight is 288 g/mol. The lowest BCUT2D eigenvalue weighted by molar-refractivity contribution is -0.124. The molecule has 0 saturated carbocycles. The van der Waals surface area contributed by atoms with Gasteiger partial charge in [-0.2, -0.15) is 4.98 Å². The maximum Gasteiger partial charge on any atom is 0.258 e. The van der Waals surface area contributed by atoms with Crippen molar-refractivity contribution in [3.63, 3.8) is 0 Å². The van der Waals surface area contributed by atoms with E-state index in [2.05, 4.69) is 20.4 Å². The van der Waals surface area contributed by atoms with Crippen molar-refractivity contribution in [3.8, 4) is 11.5 Å². The number of nitrogens with zero attached hydrogens (tertiary/aromatic N) is 3. The van der Waals surface area contributed by atoms with Crippen LogP contribution in [0.3, 0.4) is 0 Å². The topological polar surface area (TPSA) is 90.1 Å². The molecule has 2 aromatic rings. The van der Waals surface area contributed by atoms with Crippen molar-refractivity contribution < 1.29 is 14.1 Å². The van der Waals surface area contributed by atoms with Crippen LogP contribution in [0.15, 0.2) is 29.0 Å². The number of ether oxygens (including phenoxy) is 1. The van der Waals surface area contributed by atoms with E-state index in [0.29, 0.717) is 37.9 Å². The van der Waals surface area contributed by atoms with E-state index in [0.717, 1.165) is 12.0 Å². The molecule has 1 aliphatic heterocycles. The Bertz CT molecular complexity index is 593. The molecule has 1 fully saturated rings. The van der Waals surface area contributed by atoms with Gasteiger partial charge in [0.2, 0.25) is 5.91 Å². The van der Waals surface area contributed by atoms with Gasteiger partial charge in [-0.25, -0.2) is 0 Å². The van der Waals surface area contributed by atoms with Gasteiger partial charge in [0, 0.05) is 37.5 Å². The molecule has 0 aromatic carbocycles. The molecule has 3 rings (SSSR count). The molecule has 1 saturated heterocycles. The number of aromatic nitrogens is 3. The number of hydrogen-bond donors (Lipinski definition) is 1. The molecule has 110 valence electrons. The van der Waals surface area contributed by atoms with Crippen LogP contribution < -0.4 is 5.32 Å². The minimum atomic E-state index is -0.0253. The molecule has 7 heteroatoms. The number of rotatable bonds is 5. The van der Waals surface area contributed by atoms with E-state index in [1.54, 1.807) is 24.5 Å². The summed E-state index contributed by atoms with van der Waals surface area (Å²) in [5.74, 6) is 1.04. The maximum absolute atomic E-state index is 11.8. The predicted molar refractivity (Wildman–Crippen MR) is 73.2 cm³/mol. The fourth-order valence-electron chi connectivity index (χ4n) is 2.15. The first kappa shape index (κ1) is 13.7. The van der Waals surface area contributed by atoms with Crippen LogP contribution in [-0.4, -0.2) is 40.8 Å². The predicted octanol–water partition coefficient (Wildman–Crippen LogP) is 0.827. The molecule has 0 radical (unpaired) electrons. The average Bonchev–Trinajstić information content (AvgIpc) is 3.20. The zero-order valence-electron chi connectivity index (χ0n) is 11.5. The second kappa shape index (κ2) is 6.45. The summed E-state index contributed by atoms with van der Waals surface area (Å²) in [6.07, 6.45) is 4.67. The molecule has 2 aromatic heterocycles. The molecule has 1 unspecified atom stereocenters. The van der Waals surface area contributed by atoms with Crippen molar-refractivity contribution in [1.82, 2.24) is 20.4 Å². The van der Waals surface area contributed by atoms with Gasteiger partial charge in [-0.1, -0.05) is 5.16 Å². The highest BCUT2D eigenvalue weighted by atomic mass is 16.5. The van der Waals surface area contributed by atoms with Gasteiger partial charge in [-0.15, -0.1) is 0 Å². The van der Waals surface area contributed by atoms with Crippen molar-refractivity contribution >= 4 is 5.91 Å². The number of carbonyl (C=O) groups excluding carboxylic acids is 1. The Morgan fingerprint density at radius 2 is 2.24 bits per heavy atom. The van der Waals surface area contributed by atoms with Gasteiger partial charge >= 0.3 is 0 Å². The second-order valence-corrected chi connectivity index (χ2v) is 4.85. The Hall–Kier alpha value is -2.28. The normalized spacial score (nSPS) is 17.8. The Morgan fingerprint density at radius 3 is 3.00 bits per heavy atom. The highest BCUT2D eigenvalue weighted by Gasteiger charge is 2.23. The second-order valence-electron chi connectivity index (χ2n) is 4.85. The minimum absolute atomic E-state index is 0.0253. The number of amides is 1. The lowest BCUT2D eigenvalue weighted by atomic mass is 10.1. The summed E-state index contributed by atoms with van der Waals surface area (Å²) >= 11 is 0. The first-order chi connectivity index (χ1) is 10.3. The third-order valence-electron chi connectivity index (χ3n) is 3.34. The fraction of sp³-hybridized carbons (Fsp3) is 0.429. The smallest absolute Gasteiger partial charge is 0.258 e. The van der Waals surface area contributed by atoms with Gasteiger partial charge in [0.25, 0.3) is 5.89 Å². The van der Waals surface area contributed by atoms with Crippen LogP contribution in [0.4, 0.5) is 0 Å². The van der Waals surface area contributed by atoms with E-state index in [4.69, 9.17) is 9.26 Å². The summed E-state index contributed by atoms with van der Waals surface area (Å²) in [6, 6.07) is 3.61. The Labute approximate surface area is 121 Å². The monoisotopic (exact) mass is 288 g/mol. The number of pyridine rings is 1. The van der Waals surface area contributed by atoms with Crippen LogP contribution in [0.5, 0.6) is 0 Å². The Morgan fingerprint density at radius 1 is 1.38 bits per heavy atom. The lowest BCUT2D eigenvalue weighted by Gasteiger charge is -2.07. The highest BCUT2D eigenvalue weighted by Crippen LogP contribution is 2.15. The molecular weight excluding hydrogens is 272 g/mol. The number of carbonyl (C=O) groups is 1. The summed E-state index contributed by atoms with van der Waals surface area (Å²) in [7, 11) is 0. The van der Waals surface area contributed by atoms with Crippen LogP contribution in [0.1, 0.15) is 12.2 Å². The van der Waals surface area contributed by atoms with Crippen LogP contribution in [-0.2, 0) is 16.0 Å². The largest absolute Gasteiger partial charge is 0.381 e. The Kier molecular flexibility index (Phi) is 4.20. The van der Waals surface area contributed by atoms with Gasteiger partial charge in [-0.3, -0.25) is 9.78 Å². The first-order valence-corrected chi connectivity index (χ1v) is 6.91. The molecule has 0 bridgehead atoms. The van der Waals surface area contributed by atoms with Crippen molar-refractivity contribution in [3.05, 3.63) is 30.4 Å². The summed E-state index contributed by atoms with van der Waals surface area (Å²) < 4.78 is 10.4. The standard InChI is InChI=1S/C14H16N4O3/c19-13(11-4-8-20-9-11)16-7-3-12-17-14(21-18-12)10-1-5-15-6-2-10/h1-2,5-6,11H,3-4,7-9H2,(H,16,19). The van der Waals surface area contributed by atoms with E-state index >= 15 is 0 Å². The zero-order valence-corrected chi connectivity index (χ0v) is 11.5. The van der Waals surface area contributed by atoms with Gasteiger partial charge in [0.05, 0.1) is 12.5 Å². The molecular formula is C14H16N4O3. The molecule has 0 aliphatic carbocycles. The number of hydrogen-bond acceptors (Lipinski definition) is 6. The van der Waals surface area contributed by atoms with Gasteiger partial charge in [-0.05, 0) is 18.6 Å². The van der Waals surface area contributed by atoms with Crippen molar-refractivity contribution in [2.24, 2.45) is 5.92 Å². The minimum Gasteiger partial charge on any atom is -0.381 e. The lowest BCUT2D eigenvalue weighted by Crippen LogP contribution is -2.32. The SMILES string of the molecule is O=C(NCCc1noc(-c2ccncc2)n1)C1CCOC1.